The molecule has 2 heterocycles. The maximum Gasteiger partial charge on any atom is 0.257 e. The molecule has 140 valence electrons. The lowest BCUT2D eigenvalue weighted by Crippen LogP contribution is -2.25. The highest BCUT2D eigenvalue weighted by atomic mass is 16.2. The second-order valence-corrected chi connectivity index (χ2v) is 6.91. The average Bonchev–Trinajstić information content (AvgIpc) is 3.12. The molecule has 0 aliphatic carbocycles. The summed E-state index contributed by atoms with van der Waals surface area (Å²) in [6.45, 7) is 4.10. The number of carbonyl (C=O) groups excluding carboxylic acids is 2. The van der Waals surface area contributed by atoms with Crippen LogP contribution in [0.3, 0.4) is 0 Å². The number of hydrogen-bond acceptors (Lipinski definition) is 3. The van der Waals surface area contributed by atoms with E-state index in [9.17, 15) is 9.59 Å². The normalized spacial score (nSPS) is 12.6. The number of benzene rings is 2. The van der Waals surface area contributed by atoms with Crippen molar-refractivity contribution in [3.8, 4) is 11.3 Å². The predicted octanol–water partition coefficient (Wildman–Crippen LogP) is 4.22. The molecule has 2 aromatic carbocycles. The number of rotatable bonds is 3. The van der Waals surface area contributed by atoms with E-state index in [4.69, 9.17) is 0 Å². The Balaban J connectivity index is 1.54. The topological polar surface area (TPSA) is 62.3 Å². The van der Waals surface area contributed by atoms with Crippen LogP contribution in [0.1, 0.15) is 28.5 Å². The minimum Gasteiger partial charge on any atom is -0.322 e. The largest absolute Gasteiger partial charge is 0.322 e. The van der Waals surface area contributed by atoms with Crippen LogP contribution in [0.15, 0.2) is 60.7 Å². The molecule has 0 bridgehead atoms. The Labute approximate surface area is 164 Å². The van der Waals surface area contributed by atoms with Crippen molar-refractivity contribution in [1.82, 2.24) is 4.98 Å². The van der Waals surface area contributed by atoms with Gasteiger partial charge in [-0.05, 0) is 49.2 Å². The molecule has 0 fully saturated rings. The molecule has 3 aromatic rings. The molecule has 0 radical (unpaired) electrons. The third-order valence-corrected chi connectivity index (χ3v) is 5.01. The Kier molecular flexibility index (Phi) is 4.65. The lowest BCUT2D eigenvalue weighted by Gasteiger charge is -2.15. The van der Waals surface area contributed by atoms with E-state index in [-0.39, 0.29) is 11.8 Å². The van der Waals surface area contributed by atoms with E-state index < -0.39 is 0 Å². The van der Waals surface area contributed by atoms with Gasteiger partial charge in [0.1, 0.15) is 0 Å². The molecule has 0 spiro atoms. The molecular weight excluding hydrogens is 350 g/mol. The first kappa shape index (κ1) is 17.9. The smallest absolute Gasteiger partial charge is 0.257 e. The van der Waals surface area contributed by atoms with E-state index in [1.54, 1.807) is 11.8 Å². The number of anilines is 2. The SMILES string of the molecule is CC(=O)N1CCc2cc(NC(=O)c3ccc(-c4ccccc4)nc3C)ccc21. The zero-order valence-corrected chi connectivity index (χ0v) is 15.9. The summed E-state index contributed by atoms with van der Waals surface area (Å²) in [7, 11) is 0. The zero-order valence-electron chi connectivity index (χ0n) is 15.9. The van der Waals surface area contributed by atoms with Crippen LogP contribution in [0.5, 0.6) is 0 Å². The summed E-state index contributed by atoms with van der Waals surface area (Å²) in [6, 6.07) is 19.2. The predicted molar refractivity (Wildman–Crippen MR) is 111 cm³/mol. The lowest BCUT2D eigenvalue weighted by atomic mass is 10.1. The molecule has 0 saturated heterocycles. The molecule has 0 saturated carbocycles. The van der Waals surface area contributed by atoms with Gasteiger partial charge in [-0.15, -0.1) is 0 Å². The lowest BCUT2D eigenvalue weighted by molar-refractivity contribution is -0.116. The van der Waals surface area contributed by atoms with Gasteiger partial charge in [-0.25, -0.2) is 0 Å². The quantitative estimate of drug-likeness (QED) is 0.750. The fraction of sp³-hybridized carbons (Fsp3) is 0.174. The van der Waals surface area contributed by atoms with Crippen molar-refractivity contribution in [2.45, 2.75) is 20.3 Å². The number of fused-ring (bicyclic) bond motifs is 1. The van der Waals surface area contributed by atoms with Crippen LogP contribution < -0.4 is 10.2 Å². The third-order valence-electron chi connectivity index (χ3n) is 5.01. The maximum atomic E-state index is 12.7. The van der Waals surface area contributed by atoms with Gasteiger partial charge in [0, 0.05) is 30.4 Å². The van der Waals surface area contributed by atoms with E-state index in [1.807, 2.05) is 67.6 Å². The molecule has 1 aliphatic rings. The van der Waals surface area contributed by atoms with Crippen LogP contribution >= 0.6 is 0 Å². The molecule has 28 heavy (non-hydrogen) atoms. The van der Waals surface area contributed by atoms with Gasteiger partial charge < -0.3 is 10.2 Å². The first-order valence-electron chi connectivity index (χ1n) is 9.28. The monoisotopic (exact) mass is 371 g/mol. The molecule has 0 unspecified atom stereocenters. The number of nitrogens with one attached hydrogen (secondary N) is 1. The molecular formula is C23H21N3O2. The van der Waals surface area contributed by atoms with Crippen LogP contribution in [0.25, 0.3) is 11.3 Å². The Bertz CT molecular complexity index is 1060. The first-order valence-corrected chi connectivity index (χ1v) is 9.28. The average molecular weight is 371 g/mol. The van der Waals surface area contributed by atoms with Crippen molar-refractivity contribution in [1.29, 1.82) is 0 Å². The van der Waals surface area contributed by atoms with Gasteiger partial charge >= 0.3 is 0 Å². The number of aryl methyl sites for hydroxylation is 1. The third kappa shape index (κ3) is 3.39. The molecule has 5 heteroatoms. The van der Waals surface area contributed by atoms with Crippen molar-refractivity contribution in [3.63, 3.8) is 0 Å². The molecule has 1 aliphatic heterocycles. The van der Waals surface area contributed by atoms with Gasteiger partial charge in [0.15, 0.2) is 0 Å². The van der Waals surface area contributed by atoms with Gasteiger partial charge in [-0.1, -0.05) is 30.3 Å². The number of aromatic nitrogens is 1. The van der Waals surface area contributed by atoms with Gasteiger partial charge in [-0.3, -0.25) is 14.6 Å². The summed E-state index contributed by atoms with van der Waals surface area (Å²) in [5, 5.41) is 2.95. The Morgan fingerprint density at radius 1 is 1.04 bits per heavy atom. The standard InChI is InChI=1S/C23H21N3O2/c1-15-20(9-10-21(24-15)17-6-4-3-5-7-17)23(28)25-19-8-11-22-18(14-19)12-13-26(22)16(2)27/h3-11,14H,12-13H2,1-2H3,(H,25,28). The van der Waals surface area contributed by atoms with E-state index >= 15 is 0 Å². The summed E-state index contributed by atoms with van der Waals surface area (Å²) in [4.78, 5) is 30.8. The summed E-state index contributed by atoms with van der Waals surface area (Å²) in [6.07, 6.45) is 0.797. The number of amides is 2. The number of hydrogen-bond donors (Lipinski definition) is 1. The highest BCUT2D eigenvalue weighted by molar-refractivity contribution is 6.05. The number of carbonyl (C=O) groups is 2. The van der Waals surface area contributed by atoms with Crippen molar-refractivity contribution in [3.05, 3.63) is 77.5 Å². The summed E-state index contributed by atoms with van der Waals surface area (Å²) >= 11 is 0. The molecule has 1 N–H and O–H groups in total. The second-order valence-electron chi connectivity index (χ2n) is 6.91. The molecule has 2 amide bonds. The maximum absolute atomic E-state index is 12.7. The molecule has 0 atom stereocenters. The van der Waals surface area contributed by atoms with Crippen LogP contribution in [0.4, 0.5) is 11.4 Å². The Morgan fingerprint density at radius 3 is 2.54 bits per heavy atom. The second kappa shape index (κ2) is 7.27. The minimum atomic E-state index is -0.189. The van der Waals surface area contributed by atoms with Gasteiger partial charge in [0.05, 0.1) is 17.0 Å². The van der Waals surface area contributed by atoms with E-state index in [0.29, 0.717) is 17.8 Å². The summed E-state index contributed by atoms with van der Waals surface area (Å²) in [5.74, 6) is -0.151. The number of nitrogens with zero attached hydrogens (tertiary/aromatic N) is 2. The summed E-state index contributed by atoms with van der Waals surface area (Å²) < 4.78 is 0. The van der Waals surface area contributed by atoms with E-state index in [2.05, 4.69) is 10.3 Å². The summed E-state index contributed by atoms with van der Waals surface area (Å²) in [5.41, 5.74) is 5.81. The Morgan fingerprint density at radius 2 is 1.82 bits per heavy atom. The van der Waals surface area contributed by atoms with Crippen molar-refractivity contribution in [2.75, 3.05) is 16.8 Å². The number of pyridine rings is 1. The van der Waals surface area contributed by atoms with Crippen LogP contribution in [-0.2, 0) is 11.2 Å². The fourth-order valence-corrected chi connectivity index (χ4v) is 3.58. The van der Waals surface area contributed by atoms with Crippen LogP contribution in [0.2, 0.25) is 0 Å². The van der Waals surface area contributed by atoms with Crippen LogP contribution in [0, 0.1) is 6.92 Å². The van der Waals surface area contributed by atoms with Crippen LogP contribution in [-0.4, -0.2) is 23.3 Å². The van der Waals surface area contributed by atoms with E-state index in [1.165, 1.54) is 0 Å². The van der Waals surface area contributed by atoms with Crippen molar-refractivity contribution >= 4 is 23.2 Å². The van der Waals surface area contributed by atoms with Gasteiger partial charge in [-0.2, -0.15) is 0 Å². The fourth-order valence-electron chi connectivity index (χ4n) is 3.58. The van der Waals surface area contributed by atoms with Gasteiger partial charge in [0.25, 0.3) is 5.91 Å². The highest BCUT2D eigenvalue weighted by Gasteiger charge is 2.22. The minimum absolute atomic E-state index is 0.0377. The Hall–Kier alpha value is -3.47. The van der Waals surface area contributed by atoms with Gasteiger partial charge in [0.2, 0.25) is 5.91 Å². The highest BCUT2D eigenvalue weighted by Crippen LogP contribution is 2.30. The molecule has 5 nitrogen and oxygen atoms in total. The molecule has 1 aromatic heterocycles. The van der Waals surface area contributed by atoms with Crippen molar-refractivity contribution in [2.24, 2.45) is 0 Å². The zero-order chi connectivity index (χ0) is 19.7. The van der Waals surface area contributed by atoms with Crippen molar-refractivity contribution < 1.29 is 9.59 Å². The molecule has 4 rings (SSSR count). The first-order chi connectivity index (χ1) is 13.5. The van der Waals surface area contributed by atoms with E-state index in [0.717, 1.165) is 34.6 Å².